The van der Waals surface area contributed by atoms with Gasteiger partial charge in [0.05, 0.1) is 0 Å². The van der Waals surface area contributed by atoms with Gasteiger partial charge >= 0.3 is 0 Å². The molecule has 0 aliphatic heterocycles. The van der Waals surface area contributed by atoms with E-state index < -0.39 is 0 Å². The van der Waals surface area contributed by atoms with Crippen LogP contribution in [-0.2, 0) is 0 Å². The van der Waals surface area contributed by atoms with Gasteiger partial charge in [0, 0.05) is 9.92 Å². The maximum Gasteiger partial charge on any atom is 0.0406 e. The number of hydrogen-bond acceptors (Lipinski definition) is 1. The molecule has 0 aromatic heterocycles. The summed E-state index contributed by atoms with van der Waals surface area (Å²) in [6.45, 7) is 8.49. The summed E-state index contributed by atoms with van der Waals surface area (Å²) in [5.41, 5.74) is 0. The number of benzene rings is 1. The van der Waals surface area contributed by atoms with Gasteiger partial charge in [-0.1, -0.05) is 36.8 Å². The molecule has 0 unspecified atom stereocenters. The largest absolute Gasteiger partial charge is 0.0992 e. The van der Waals surface area contributed by atoms with Gasteiger partial charge in [-0.3, -0.25) is 0 Å². The van der Waals surface area contributed by atoms with E-state index in [2.05, 4.69) is 25.5 Å². The zero-order valence-electron chi connectivity index (χ0n) is 8.54. The van der Waals surface area contributed by atoms with Crippen LogP contribution in [0.15, 0.2) is 29.2 Å². The van der Waals surface area contributed by atoms with Crippen molar-refractivity contribution in [3.63, 3.8) is 0 Å². The second-order valence-electron chi connectivity index (χ2n) is 2.36. The third-order valence-electron chi connectivity index (χ3n) is 1.10. The second-order valence-corrected chi connectivity index (χ2v) is 7.81. The van der Waals surface area contributed by atoms with Crippen molar-refractivity contribution in [2.24, 2.45) is 0 Å². The zero-order valence-corrected chi connectivity index (χ0v) is 11.0. The number of halogens is 1. The lowest BCUT2D eigenvalue weighted by molar-refractivity contribution is 1.48. The molecule has 0 heterocycles. The first-order valence-corrected chi connectivity index (χ1v) is 8.33. The van der Waals surface area contributed by atoms with Gasteiger partial charge in [0.2, 0.25) is 0 Å². The predicted octanol–water partition coefficient (Wildman–Crippen LogP) is 5.11. The van der Waals surface area contributed by atoms with Crippen molar-refractivity contribution >= 4 is 30.1 Å². The predicted molar refractivity (Wildman–Crippen MR) is 67.4 cm³/mol. The number of hydrogen-bond donors (Lipinski definition) is 0. The van der Waals surface area contributed by atoms with Crippen molar-refractivity contribution in [2.75, 3.05) is 13.3 Å². The molecule has 0 amide bonds. The van der Waals surface area contributed by atoms with E-state index in [0.717, 1.165) is 5.02 Å². The Bertz CT molecular complexity index is 221. The van der Waals surface area contributed by atoms with Crippen LogP contribution in [0.1, 0.15) is 13.8 Å². The second kappa shape index (κ2) is 7.67. The van der Waals surface area contributed by atoms with E-state index in [9.17, 15) is 0 Å². The molecule has 0 saturated carbocycles. The van der Waals surface area contributed by atoms with Gasteiger partial charge in [-0.15, -0.1) is 0 Å². The van der Waals surface area contributed by atoms with Gasteiger partial charge in [0.1, 0.15) is 0 Å². The molecule has 0 saturated heterocycles. The lowest BCUT2D eigenvalue weighted by atomic mass is 10.4. The van der Waals surface area contributed by atoms with Gasteiger partial charge in [0.15, 0.2) is 0 Å². The molecule has 0 fully saturated rings. The zero-order chi connectivity index (χ0) is 10.3. The van der Waals surface area contributed by atoms with Crippen molar-refractivity contribution in [1.82, 2.24) is 0 Å². The van der Waals surface area contributed by atoms with Crippen LogP contribution >= 0.6 is 30.1 Å². The minimum Gasteiger partial charge on any atom is -0.0992 e. The fourth-order valence-corrected chi connectivity index (χ4v) is 3.14. The molecule has 13 heavy (non-hydrogen) atoms. The normalized spacial score (nSPS) is 9.38. The van der Waals surface area contributed by atoms with Gasteiger partial charge in [-0.05, 0) is 44.7 Å². The number of rotatable bonds is 2. The van der Waals surface area contributed by atoms with Gasteiger partial charge < -0.3 is 0 Å². The molecule has 0 aliphatic rings. The summed E-state index contributed by atoms with van der Waals surface area (Å²) in [5.74, 6) is 0. The first-order valence-electron chi connectivity index (χ1n) is 4.29. The average molecular weight is 235 g/mol. The van der Waals surface area contributed by atoms with Crippen LogP contribution in [0.4, 0.5) is 0 Å². The van der Waals surface area contributed by atoms with E-state index in [-0.39, 0.29) is 7.12 Å². The minimum absolute atomic E-state index is 0.0872. The third kappa shape index (κ3) is 6.37. The molecule has 74 valence electrons. The fourth-order valence-electron chi connectivity index (χ4n) is 0.706. The first-order chi connectivity index (χ1) is 6.18. The Morgan fingerprint density at radius 3 is 1.92 bits per heavy atom. The Labute approximate surface area is 91.6 Å². The highest BCUT2D eigenvalue weighted by Crippen LogP contribution is 2.47. The van der Waals surface area contributed by atoms with E-state index in [4.69, 9.17) is 11.6 Å². The molecule has 1 aromatic rings. The lowest BCUT2D eigenvalue weighted by Gasteiger charge is -2.03. The summed E-state index contributed by atoms with van der Waals surface area (Å²) < 4.78 is 0. The van der Waals surface area contributed by atoms with Crippen LogP contribution in [0.25, 0.3) is 0 Å². The van der Waals surface area contributed by atoms with E-state index >= 15 is 0 Å². The molecular formula is C10H16ClPS. The Morgan fingerprint density at radius 1 is 1.08 bits per heavy atom. The molecule has 0 atom stereocenters. The van der Waals surface area contributed by atoms with Crippen LogP contribution < -0.4 is 0 Å². The summed E-state index contributed by atoms with van der Waals surface area (Å²) in [6, 6.07) is 8.00. The summed E-state index contributed by atoms with van der Waals surface area (Å²) in [5, 5.41) is 0.811. The van der Waals surface area contributed by atoms with Crippen molar-refractivity contribution in [3.05, 3.63) is 29.3 Å². The lowest BCUT2D eigenvalue weighted by Crippen LogP contribution is -1.67. The summed E-state index contributed by atoms with van der Waals surface area (Å²) >= 11 is 7.66. The van der Waals surface area contributed by atoms with Gasteiger partial charge in [-0.25, -0.2) is 0 Å². The van der Waals surface area contributed by atoms with E-state index in [1.54, 1.807) is 0 Å². The molecule has 0 N–H and O–H groups in total. The SMILES string of the molecule is CC.CP(C)Sc1ccc(Cl)cc1. The molecule has 0 bridgehead atoms. The van der Waals surface area contributed by atoms with Gasteiger partial charge in [-0.2, -0.15) is 0 Å². The van der Waals surface area contributed by atoms with Crippen LogP contribution in [0.3, 0.4) is 0 Å². The molecule has 0 radical (unpaired) electrons. The van der Waals surface area contributed by atoms with Crippen molar-refractivity contribution in [3.8, 4) is 0 Å². The minimum atomic E-state index is 0.0872. The monoisotopic (exact) mass is 234 g/mol. The van der Waals surface area contributed by atoms with Crippen LogP contribution in [-0.4, -0.2) is 13.3 Å². The highest BCUT2D eigenvalue weighted by atomic mass is 35.5. The van der Waals surface area contributed by atoms with Crippen LogP contribution in [0.5, 0.6) is 0 Å². The Hall–Kier alpha value is 0.290. The molecule has 1 rings (SSSR count). The summed E-state index contributed by atoms with van der Waals surface area (Å²) in [7, 11) is 0.0872. The Balaban J connectivity index is 0.000000671. The Morgan fingerprint density at radius 2 is 1.54 bits per heavy atom. The third-order valence-corrected chi connectivity index (χ3v) is 3.93. The van der Waals surface area contributed by atoms with Gasteiger partial charge in [0.25, 0.3) is 0 Å². The average Bonchev–Trinajstić information content (AvgIpc) is 2.12. The maximum atomic E-state index is 5.74. The molecule has 3 heteroatoms. The summed E-state index contributed by atoms with van der Waals surface area (Å²) in [6.07, 6.45) is 0. The summed E-state index contributed by atoms with van der Waals surface area (Å²) in [4.78, 5) is 1.31. The molecular weight excluding hydrogens is 219 g/mol. The molecule has 0 spiro atoms. The standard InChI is InChI=1S/C8H10ClPS.C2H6/c1-10(2)11-8-5-3-7(9)4-6-8;1-2/h3-6H,1-2H3;1-2H3. The van der Waals surface area contributed by atoms with Crippen LogP contribution in [0, 0.1) is 0 Å². The van der Waals surface area contributed by atoms with Crippen molar-refractivity contribution < 1.29 is 0 Å². The van der Waals surface area contributed by atoms with Crippen molar-refractivity contribution in [1.29, 1.82) is 0 Å². The van der Waals surface area contributed by atoms with E-state index in [0.29, 0.717) is 0 Å². The fraction of sp³-hybridized carbons (Fsp3) is 0.400. The maximum absolute atomic E-state index is 5.74. The van der Waals surface area contributed by atoms with E-state index in [1.807, 2.05) is 37.4 Å². The Kier molecular flexibility index (Phi) is 7.84. The quantitative estimate of drug-likeness (QED) is 0.641. The topological polar surface area (TPSA) is 0 Å². The van der Waals surface area contributed by atoms with Crippen molar-refractivity contribution in [2.45, 2.75) is 18.7 Å². The van der Waals surface area contributed by atoms with E-state index in [1.165, 1.54) is 4.90 Å². The highest BCUT2D eigenvalue weighted by Gasteiger charge is 1.96. The first kappa shape index (κ1) is 13.3. The van der Waals surface area contributed by atoms with Crippen LogP contribution in [0.2, 0.25) is 5.02 Å². The molecule has 0 aliphatic carbocycles. The molecule has 0 nitrogen and oxygen atoms in total. The highest BCUT2D eigenvalue weighted by molar-refractivity contribution is 8.55. The molecule has 1 aromatic carbocycles. The smallest absolute Gasteiger partial charge is 0.0406 e.